The molecule has 0 saturated heterocycles. The van der Waals surface area contributed by atoms with E-state index in [0.717, 1.165) is 24.6 Å². The van der Waals surface area contributed by atoms with Crippen LogP contribution < -0.4 is 4.90 Å². The first-order valence-corrected chi connectivity index (χ1v) is 6.14. The number of fused-ring (bicyclic) bond motifs is 1. The van der Waals surface area contributed by atoms with Gasteiger partial charge in [-0.05, 0) is 43.5 Å². The van der Waals surface area contributed by atoms with Gasteiger partial charge < -0.3 is 9.64 Å². The van der Waals surface area contributed by atoms with Crippen molar-refractivity contribution in [2.24, 2.45) is 0 Å². The van der Waals surface area contributed by atoms with Gasteiger partial charge in [0, 0.05) is 30.4 Å². The molecule has 0 fully saturated rings. The molecule has 1 aliphatic heterocycles. The van der Waals surface area contributed by atoms with Crippen molar-refractivity contribution in [1.29, 1.82) is 0 Å². The Hall–Kier alpha value is -0.730. The SMILES string of the molecule is COC[C@@H](C)N1CCCc2cc(Cl)ccc21. The summed E-state index contributed by atoms with van der Waals surface area (Å²) in [6, 6.07) is 6.61. The van der Waals surface area contributed by atoms with Crippen molar-refractivity contribution in [3.8, 4) is 0 Å². The van der Waals surface area contributed by atoms with E-state index in [0.29, 0.717) is 6.04 Å². The smallest absolute Gasteiger partial charge is 0.0663 e. The lowest BCUT2D eigenvalue weighted by Crippen LogP contribution is -2.39. The number of hydrogen-bond acceptors (Lipinski definition) is 2. The fourth-order valence-corrected chi connectivity index (χ4v) is 2.58. The van der Waals surface area contributed by atoms with Gasteiger partial charge in [-0.1, -0.05) is 11.6 Å². The number of anilines is 1. The van der Waals surface area contributed by atoms with Crippen LogP contribution in [0.4, 0.5) is 5.69 Å². The number of hydrogen-bond donors (Lipinski definition) is 0. The van der Waals surface area contributed by atoms with Crippen LogP contribution >= 0.6 is 11.6 Å². The van der Waals surface area contributed by atoms with Gasteiger partial charge in [-0.15, -0.1) is 0 Å². The van der Waals surface area contributed by atoms with Crippen LogP contribution in [0.2, 0.25) is 5.02 Å². The van der Waals surface area contributed by atoms with E-state index in [4.69, 9.17) is 16.3 Å². The number of halogens is 1. The molecule has 1 aliphatic rings. The topological polar surface area (TPSA) is 12.5 Å². The first-order valence-electron chi connectivity index (χ1n) is 5.76. The van der Waals surface area contributed by atoms with Crippen LogP contribution in [0.15, 0.2) is 18.2 Å². The third-order valence-corrected chi connectivity index (χ3v) is 3.37. The zero-order valence-corrected chi connectivity index (χ0v) is 10.6. The van der Waals surface area contributed by atoms with Gasteiger partial charge in [0.25, 0.3) is 0 Å². The Morgan fingerprint density at radius 1 is 1.50 bits per heavy atom. The summed E-state index contributed by atoms with van der Waals surface area (Å²) in [6.45, 7) is 4.08. The molecule has 1 heterocycles. The molecule has 0 spiro atoms. The third kappa shape index (κ3) is 2.33. The molecule has 0 unspecified atom stereocenters. The molecule has 3 heteroatoms. The first-order chi connectivity index (χ1) is 7.72. The Labute approximate surface area is 102 Å². The van der Waals surface area contributed by atoms with Crippen LogP contribution in [-0.4, -0.2) is 26.3 Å². The summed E-state index contributed by atoms with van der Waals surface area (Å²) in [7, 11) is 1.75. The molecule has 0 amide bonds. The summed E-state index contributed by atoms with van der Waals surface area (Å²) in [5.74, 6) is 0. The van der Waals surface area contributed by atoms with Crippen molar-refractivity contribution in [1.82, 2.24) is 0 Å². The van der Waals surface area contributed by atoms with Gasteiger partial charge in [0.05, 0.1) is 6.61 Å². The highest BCUT2D eigenvalue weighted by Gasteiger charge is 2.21. The van der Waals surface area contributed by atoms with Gasteiger partial charge in [-0.2, -0.15) is 0 Å². The normalized spacial score (nSPS) is 17.1. The molecule has 1 aromatic carbocycles. The fourth-order valence-electron chi connectivity index (χ4n) is 2.38. The minimum atomic E-state index is 0.422. The molecule has 2 nitrogen and oxygen atoms in total. The number of ether oxygens (including phenoxy) is 1. The number of aryl methyl sites for hydroxylation is 1. The molecule has 0 N–H and O–H groups in total. The zero-order valence-electron chi connectivity index (χ0n) is 9.87. The first kappa shape index (κ1) is 11.7. The Bertz CT molecular complexity index is 367. The minimum absolute atomic E-state index is 0.422. The van der Waals surface area contributed by atoms with E-state index in [-0.39, 0.29) is 0 Å². The number of methoxy groups -OCH3 is 1. The average molecular weight is 240 g/mol. The minimum Gasteiger partial charge on any atom is -0.383 e. The second-order valence-corrected chi connectivity index (χ2v) is 4.81. The molecule has 16 heavy (non-hydrogen) atoms. The predicted octanol–water partition coefficient (Wildman–Crippen LogP) is 3.13. The molecule has 0 bridgehead atoms. The summed E-state index contributed by atoms with van der Waals surface area (Å²) in [5, 5.41) is 0.833. The summed E-state index contributed by atoms with van der Waals surface area (Å²) < 4.78 is 5.23. The molecular formula is C13H18ClNO. The summed E-state index contributed by atoms with van der Waals surface area (Å²) >= 11 is 6.02. The van der Waals surface area contributed by atoms with Gasteiger partial charge in [0.15, 0.2) is 0 Å². The van der Waals surface area contributed by atoms with Crippen LogP contribution in [0, 0.1) is 0 Å². The van der Waals surface area contributed by atoms with Gasteiger partial charge in [0.2, 0.25) is 0 Å². The van der Waals surface area contributed by atoms with E-state index in [9.17, 15) is 0 Å². The van der Waals surface area contributed by atoms with Crippen LogP contribution in [-0.2, 0) is 11.2 Å². The van der Waals surface area contributed by atoms with Crippen molar-refractivity contribution in [3.63, 3.8) is 0 Å². The lowest BCUT2D eigenvalue weighted by molar-refractivity contribution is 0.181. The van der Waals surface area contributed by atoms with Crippen LogP contribution in [0.1, 0.15) is 18.9 Å². The number of rotatable bonds is 3. The van der Waals surface area contributed by atoms with Crippen LogP contribution in [0.25, 0.3) is 0 Å². The summed E-state index contributed by atoms with van der Waals surface area (Å²) in [5.41, 5.74) is 2.68. The maximum atomic E-state index is 6.02. The zero-order chi connectivity index (χ0) is 11.5. The molecule has 0 aromatic heterocycles. The van der Waals surface area contributed by atoms with Gasteiger partial charge in [-0.3, -0.25) is 0 Å². The molecule has 1 atom stereocenters. The van der Waals surface area contributed by atoms with Gasteiger partial charge >= 0.3 is 0 Å². The standard InChI is InChI=1S/C13H18ClNO/c1-10(9-16-2)15-7-3-4-11-8-12(14)5-6-13(11)15/h5-6,8,10H,3-4,7,9H2,1-2H3/t10-/m1/s1. The monoisotopic (exact) mass is 239 g/mol. The fraction of sp³-hybridized carbons (Fsp3) is 0.538. The van der Waals surface area contributed by atoms with Crippen molar-refractivity contribution in [2.75, 3.05) is 25.2 Å². The summed E-state index contributed by atoms with van der Waals surface area (Å²) in [6.07, 6.45) is 2.33. The predicted molar refractivity (Wildman–Crippen MR) is 68.5 cm³/mol. The highest BCUT2D eigenvalue weighted by atomic mass is 35.5. The Balaban J connectivity index is 2.25. The maximum Gasteiger partial charge on any atom is 0.0663 e. The van der Waals surface area contributed by atoms with E-state index >= 15 is 0 Å². The summed E-state index contributed by atoms with van der Waals surface area (Å²) in [4.78, 5) is 2.42. The Morgan fingerprint density at radius 2 is 2.31 bits per heavy atom. The molecular weight excluding hydrogens is 222 g/mol. The van der Waals surface area contributed by atoms with Gasteiger partial charge in [-0.25, -0.2) is 0 Å². The second kappa shape index (κ2) is 5.07. The highest BCUT2D eigenvalue weighted by Crippen LogP contribution is 2.30. The maximum absolute atomic E-state index is 6.02. The van der Waals surface area contributed by atoms with E-state index in [1.165, 1.54) is 17.7 Å². The van der Waals surface area contributed by atoms with Gasteiger partial charge in [0.1, 0.15) is 0 Å². The van der Waals surface area contributed by atoms with E-state index in [2.05, 4.69) is 24.0 Å². The van der Waals surface area contributed by atoms with E-state index in [1.54, 1.807) is 7.11 Å². The largest absolute Gasteiger partial charge is 0.383 e. The molecule has 0 aliphatic carbocycles. The average Bonchev–Trinajstić information content (AvgIpc) is 2.28. The van der Waals surface area contributed by atoms with Crippen LogP contribution in [0.3, 0.4) is 0 Å². The van der Waals surface area contributed by atoms with Crippen LogP contribution in [0.5, 0.6) is 0 Å². The lowest BCUT2D eigenvalue weighted by atomic mass is 10.0. The molecule has 0 saturated carbocycles. The van der Waals surface area contributed by atoms with Crippen molar-refractivity contribution in [3.05, 3.63) is 28.8 Å². The Morgan fingerprint density at radius 3 is 3.06 bits per heavy atom. The third-order valence-electron chi connectivity index (χ3n) is 3.14. The number of benzene rings is 1. The molecule has 88 valence electrons. The molecule has 0 radical (unpaired) electrons. The van der Waals surface area contributed by atoms with E-state index < -0.39 is 0 Å². The number of nitrogens with zero attached hydrogens (tertiary/aromatic N) is 1. The lowest BCUT2D eigenvalue weighted by Gasteiger charge is -2.36. The van der Waals surface area contributed by atoms with Crippen molar-refractivity contribution >= 4 is 17.3 Å². The quantitative estimate of drug-likeness (QED) is 0.804. The van der Waals surface area contributed by atoms with Crippen molar-refractivity contribution in [2.45, 2.75) is 25.8 Å². The van der Waals surface area contributed by atoms with Crippen molar-refractivity contribution < 1.29 is 4.74 Å². The van der Waals surface area contributed by atoms with E-state index in [1.807, 2.05) is 6.07 Å². The second-order valence-electron chi connectivity index (χ2n) is 4.37. The Kier molecular flexibility index (Phi) is 3.72. The molecule has 1 aromatic rings. The highest BCUT2D eigenvalue weighted by molar-refractivity contribution is 6.30. The molecule has 2 rings (SSSR count).